The number of hydrogen-bond acceptors (Lipinski definition) is 5. The molecule has 0 bridgehead atoms. The first kappa shape index (κ1) is 20.2. The molecule has 0 saturated carbocycles. The number of nitrogens with zero attached hydrogens (tertiary/aromatic N) is 4. The Morgan fingerprint density at radius 3 is 2.62 bits per heavy atom. The van der Waals surface area contributed by atoms with E-state index in [1.54, 1.807) is 18.6 Å². The highest BCUT2D eigenvalue weighted by Crippen LogP contribution is 2.33. The number of aromatic amines is 1. The number of allylic oxidation sites excluding steroid dienone is 2. The van der Waals surface area contributed by atoms with Crippen LogP contribution < -0.4 is 4.74 Å². The molecule has 1 N–H and O–H groups in total. The van der Waals surface area contributed by atoms with Crippen molar-refractivity contribution < 1.29 is 4.74 Å². The fourth-order valence-electron chi connectivity index (χ4n) is 2.53. The molecule has 0 radical (unpaired) electrons. The normalized spacial score (nSPS) is 10.2. The average molecular weight is 387 g/mol. The van der Waals surface area contributed by atoms with Gasteiger partial charge < -0.3 is 4.74 Å². The number of benzene rings is 1. The third-order valence-electron chi connectivity index (χ3n) is 4.29. The SMILES string of the molecule is CC=C(C)C.Cc1ncc2cc(-c3ccn[nH]3)c(OCc3cccnc3)cc2n1. The Balaban J connectivity index is 0.000000431. The summed E-state index contributed by atoms with van der Waals surface area (Å²) in [6.07, 6.45) is 9.16. The maximum Gasteiger partial charge on any atom is 0.131 e. The minimum Gasteiger partial charge on any atom is -0.488 e. The Morgan fingerprint density at radius 2 is 1.97 bits per heavy atom. The smallest absolute Gasteiger partial charge is 0.131 e. The Morgan fingerprint density at radius 1 is 1.14 bits per heavy atom. The number of aromatic nitrogens is 5. The van der Waals surface area contributed by atoms with Crippen LogP contribution in [0.2, 0.25) is 0 Å². The van der Waals surface area contributed by atoms with Crippen LogP contribution in [0.1, 0.15) is 32.2 Å². The lowest BCUT2D eigenvalue weighted by Gasteiger charge is -2.12. The van der Waals surface area contributed by atoms with Gasteiger partial charge in [-0.3, -0.25) is 10.1 Å². The number of ether oxygens (including phenoxy) is 1. The van der Waals surface area contributed by atoms with Crippen molar-refractivity contribution in [3.05, 3.63) is 78.2 Å². The number of nitrogens with one attached hydrogen (secondary N) is 1. The molecule has 148 valence electrons. The van der Waals surface area contributed by atoms with Crippen LogP contribution in [-0.2, 0) is 6.61 Å². The van der Waals surface area contributed by atoms with Crippen LogP contribution >= 0.6 is 0 Å². The van der Waals surface area contributed by atoms with Crippen LogP contribution in [0.15, 0.2) is 66.8 Å². The van der Waals surface area contributed by atoms with E-state index in [0.717, 1.165) is 39.3 Å². The van der Waals surface area contributed by atoms with Crippen LogP contribution in [0.4, 0.5) is 0 Å². The van der Waals surface area contributed by atoms with Crippen LogP contribution in [0.25, 0.3) is 22.2 Å². The monoisotopic (exact) mass is 387 g/mol. The Labute approximate surface area is 170 Å². The lowest BCUT2D eigenvalue weighted by molar-refractivity contribution is 0.307. The second-order valence-electron chi connectivity index (χ2n) is 6.81. The summed E-state index contributed by atoms with van der Waals surface area (Å²) in [7, 11) is 0. The van der Waals surface area contributed by atoms with Gasteiger partial charge in [-0.25, -0.2) is 9.97 Å². The van der Waals surface area contributed by atoms with E-state index in [2.05, 4.69) is 45.1 Å². The number of fused-ring (bicyclic) bond motifs is 1. The van der Waals surface area contributed by atoms with Gasteiger partial charge in [0.2, 0.25) is 0 Å². The summed E-state index contributed by atoms with van der Waals surface area (Å²) in [5.74, 6) is 1.48. The van der Waals surface area contributed by atoms with Crippen molar-refractivity contribution in [2.45, 2.75) is 34.3 Å². The summed E-state index contributed by atoms with van der Waals surface area (Å²) >= 11 is 0. The van der Waals surface area contributed by atoms with E-state index in [1.807, 2.05) is 50.4 Å². The molecule has 0 saturated heterocycles. The van der Waals surface area contributed by atoms with E-state index >= 15 is 0 Å². The van der Waals surface area contributed by atoms with E-state index in [1.165, 1.54) is 5.57 Å². The van der Waals surface area contributed by atoms with Gasteiger partial charge in [-0.2, -0.15) is 5.10 Å². The van der Waals surface area contributed by atoms with Gasteiger partial charge in [-0.05, 0) is 45.9 Å². The zero-order valence-electron chi connectivity index (χ0n) is 17.2. The van der Waals surface area contributed by atoms with Crippen molar-refractivity contribution in [1.29, 1.82) is 0 Å². The van der Waals surface area contributed by atoms with Gasteiger partial charge in [0, 0.05) is 47.4 Å². The van der Waals surface area contributed by atoms with E-state index < -0.39 is 0 Å². The van der Waals surface area contributed by atoms with E-state index in [4.69, 9.17) is 4.74 Å². The summed E-state index contributed by atoms with van der Waals surface area (Å²) in [5.41, 5.74) is 5.05. The molecule has 0 aliphatic rings. The maximum atomic E-state index is 6.05. The molecule has 3 aromatic heterocycles. The average Bonchev–Trinajstić information content (AvgIpc) is 3.27. The molecule has 0 unspecified atom stereocenters. The number of hydrogen-bond donors (Lipinski definition) is 1. The quantitative estimate of drug-likeness (QED) is 0.482. The minimum absolute atomic E-state index is 0.435. The molecule has 0 fully saturated rings. The molecule has 0 amide bonds. The second kappa shape index (κ2) is 9.59. The summed E-state index contributed by atoms with van der Waals surface area (Å²) in [5, 5.41) is 7.97. The highest BCUT2D eigenvalue weighted by molar-refractivity contribution is 5.87. The Kier molecular flexibility index (Phi) is 6.68. The number of rotatable bonds is 4. The molecule has 4 rings (SSSR count). The van der Waals surface area contributed by atoms with Crippen molar-refractivity contribution in [1.82, 2.24) is 25.1 Å². The van der Waals surface area contributed by atoms with Crippen molar-refractivity contribution in [3.8, 4) is 17.0 Å². The van der Waals surface area contributed by atoms with Gasteiger partial charge in [0.25, 0.3) is 0 Å². The number of aryl methyl sites for hydroxylation is 1. The fraction of sp³-hybridized carbons (Fsp3) is 0.217. The largest absolute Gasteiger partial charge is 0.488 e. The van der Waals surface area contributed by atoms with Crippen LogP contribution in [0, 0.1) is 6.92 Å². The van der Waals surface area contributed by atoms with E-state index in [9.17, 15) is 0 Å². The van der Waals surface area contributed by atoms with E-state index in [0.29, 0.717) is 6.61 Å². The highest BCUT2D eigenvalue weighted by Gasteiger charge is 2.11. The summed E-state index contributed by atoms with van der Waals surface area (Å²) in [6.45, 7) is 8.51. The van der Waals surface area contributed by atoms with Gasteiger partial charge in [-0.15, -0.1) is 0 Å². The van der Waals surface area contributed by atoms with Crippen LogP contribution in [0.5, 0.6) is 5.75 Å². The summed E-state index contributed by atoms with van der Waals surface area (Å²) in [4.78, 5) is 12.9. The Bertz CT molecular complexity index is 1090. The van der Waals surface area contributed by atoms with Crippen LogP contribution in [-0.4, -0.2) is 25.1 Å². The lowest BCUT2D eigenvalue weighted by Crippen LogP contribution is -1.99. The van der Waals surface area contributed by atoms with Crippen molar-refractivity contribution in [2.24, 2.45) is 0 Å². The first-order valence-corrected chi connectivity index (χ1v) is 9.45. The fourth-order valence-corrected chi connectivity index (χ4v) is 2.53. The highest BCUT2D eigenvalue weighted by atomic mass is 16.5. The number of H-pyrrole nitrogens is 1. The maximum absolute atomic E-state index is 6.05. The van der Waals surface area contributed by atoms with Gasteiger partial charge in [0.05, 0.1) is 11.2 Å². The topological polar surface area (TPSA) is 76.6 Å². The van der Waals surface area contributed by atoms with Gasteiger partial charge >= 0.3 is 0 Å². The molecule has 29 heavy (non-hydrogen) atoms. The first-order valence-electron chi connectivity index (χ1n) is 9.45. The first-order chi connectivity index (χ1) is 14.1. The van der Waals surface area contributed by atoms with Crippen molar-refractivity contribution in [3.63, 3.8) is 0 Å². The predicted octanol–water partition coefficient (Wildman–Crippen LogP) is 5.27. The molecule has 0 aliphatic carbocycles. The third-order valence-corrected chi connectivity index (χ3v) is 4.29. The molecule has 4 aromatic rings. The van der Waals surface area contributed by atoms with Gasteiger partial charge in [0.15, 0.2) is 0 Å². The Hall–Kier alpha value is -3.54. The molecule has 0 spiro atoms. The molecule has 0 aliphatic heterocycles. The molecule has 6 nitrogen and oxygen atoms in total. The minimum atomic E-state index is 0.435. The predicted molar refractivity (Wildman–Crippen MR) is 116 cm³/mol. The third kappa shape index (κ3) is 5.48. The summed E-state index contributed by atoms with van der Waals surface area (Å²) in [6, 6.07) is 9.74. The van der Waals surface area contributed by atoms with E-state index in [-0.39, 0.29) is 0 Å². The molecule has 6 heteroatoms. The summed E-state index contributed by atoms with van der Waals surface area (Å²) < 4.78 is 6.05. The van der Waals surface area contributed by atoms with Crippen molar-refractivity contribution >= 4 is 10.9 Å². The molecule has 3 heterocycles. The second-order valence-corrected chi connectivity index (χ2v) is 6.81. The van der Waals surface area contributed by atoms with Gasteiger partial charge in [-0.1, -0.05) is 17.7 Å². The zero-order chi connectivity index (χ0) is 20.6. The molecule has 0 atom stereocenters. The standard InChI is InChI=1S/C18H15N5O.C5H10/c1-12-20-10-14-7-15(16-4-6-21-23-16)18(8-17(14)22-12)24-11-13-3-2-5-19-9-13;1-4-5(2)3/h2-10H,11H2,1H3,(H,21,23);4H,1-3H3. The number of pyridine rings is 1. The molecular weight excluding hydrogens is 362 g/mol. The van der Waals surface area contributed by atoms with Gasteiger partial charge in [0.1, 0.15) is 18.2 Å². The van der Waals surface area contributed by atoms with Crippen molar-refractivity contribution in [2.75, 3.05) is 0 Å². The zero-order valence-corrected chi connectivity index (χ0v) is 17.2. The lowest BCUT2D eigenvalue weighted by atomic mass is 10.1. The van der Waals surface area contributed by atoms with Crippen LogP contribution in [0.3, 0.4) is 0 Å². The molecular formula is C23H25N5O. The molecule has 1 aromatic carbocycles.